The molecule has 3 nitrogen and oxygen atoms in total. The molecule has 0 saturated heterocycles. The van der Waals surface area contributed by atoms with Crippen molar-refractivity contribution >= 4 is 0 Å². The Labute approximate surface area is 129 Å². The Morgan fingerprint density at radius 1 is 1.33 bits per heavy atom. The smallest absolute Gasteiger partial charge is 0.0950 e. The van der Waals surface area contributed by atoms with E-state index in [1.54, 1.807) is 6.26 Å². The summed E-state index contributed by atoms with van der Waals surface area (Å²) in [6.45, 7) is 9.00. The Balaban J connectivity index is 2.02. The molecule has 1 aromatic rings. The van der Waals surface area contributed by atoms with E-state index < -0.39 is 0 Å². The second kappa shape index (κ2) is 8.60. The van der Waals surface area contributed by atoms with Gasteiger partial charge in [0.05, 0.1) is 12.5 Å². The summed E-state index contributed by atoms with van der Waals surface area (Å²) in [5, 5.41) is 7.42. The molecule has 2 rings (SSSR count). The summed E-state index contributed by atoms with van der Waals surface area (Å²) in [4.78, 5) is 0. The van der Waals surface area contributed by atoms with E-state index in [1.165, 1.54) is 37.7 Å². The molecule has 0 radical (unpaired) electrons. The lowest BCUT2D eigenvalue weighted by molar-refractivity contribution is 0.189. The van der Waals surface area contributed by atoms with E-state index in [0.717, 1.165) is 24.9 Å². The fourth-order valence-corrected chi connectivity index (χ4v) is 3.72. The zero-order valence-electron chi connectivity index (χ0n) is 13.9. The second-order valence-corrected chi connectivity index (χ2v) is 6.64. The van der Waals surface area contributed by atoms with Crippen molar-refractivity contribution in [1.29, 1.82) is 0 Å². The van der Waals surface area contributed by atoms with Crippen LogP contribution in [0.1, 0.15) is 64.5 Å². The molecule has 0 aliphatic heterocycles. The van der Waals surface area contributed by atoms with Gasteiger partial charge in [0.1, 0.15) is 0 Å². The van der Waals surface area contributed by atoms with Crippen LogP contribution in [0.2, 0.25) is 0 Å². The highest BCUT2D eigenvalue weighted by Crippen LogP contribution is 2.35. The number of hydrogen-bond donors (Lipinski definition) is 2. The highest BCUT2D eigenvalue weighted by atomic mass is 16.3. The van der Waals surface area contributed by atoms with Gasteiger partial charge in [0.15, 0.2) is 0 Å². The van der Waals surface area contributed by atoms with E-state index in [-0.39, 0.29) is 0 Å². The first-order valence-corrected chi connectivity index (χ1v) is 8.73. The highest BCUT2D eigenvalue weighted by molar-refractivity contribution is 5.12. The molecule has 3 heteroatoms. The summed E-state index contributed by atoms with van der Waals surface area (Å²) in [5.41, 5.74) is 1.30. The van der Waals surface area contributed by atoms with Crippen LogP contribution in [0.15, 0.2) is 23.0 Å². The fraction of sp³-hybridized carbons (Fsp3) is 0.778. The molecular weight excluding hydrogens is 260 g/mol. The zero-order valence-corrected chi connectivity index (χ0v) is 13.9. The quantitative estimate of drug-likeness (QED) is 0.756. The second-order valence-electron chi connectivity index (χ2n) is 6.64. The third kappa shape index (κ3) is 4.86. The van der Waals surface area contributed by atoms with Gasteiger partial charge in [-0.3, -0.25) is 0 Å². The van der Waals surface area contributed by atoms with Crippen LogP contribution in [0.4, 0.5) is 0 Å². The fourth-order valence-electron chi connectivity index (χ4n) is 3.72. The molecule has 4 atom stereocenters. The first kappa shape index (κ1) is 16.6. The lowest BCUT2D eigenvalue weighted by Gasteiger charge is -2.37. The van der Waals surface area contributed by atoms with E-state index in [4.69, 9.17) is 4.42 Å². The van der Waals surface area contributed by atoms with Gasteiger partial charge in [-0.1, -0.05) is 20.8 Å². The predicted octanol–water partition coefficient (Wildman–Crippen LogP) is 4.12. The standard InChI is InChI=1S/C18H32N2O/c1-4-9-20-18(15-8-10-21-13-15)12-16-11-14(3)6-7-17(16)19-5-2/h8,10,13-14,16-20H,4-7,9,11-12H2,1-3H3. The van der Waals surface area contributed by atoms with E-state index in [0.29, 0.717) is 12.1 Å². The van der Waals surface area contributed by atoms with Crippen LogP contribution in [-0.2, 0) is 0 Å². The number of hydrogen-bond acceptors (Lipinski definition) is 3. The summed E-state index contributed by atoms with van der Waals surface area (Å²) < 4.78 is 5.30. The Hall–Kier alpha value is -0.800. The third-order valence-corrected chi connectivity index (χ3v) is 4.84. The number of nitrogens with one attached hydrogen (secondary N) is 2. The van der Waals surface area contributed by atoms with Crippen molar-refractivity contribution in [2.75, 3.05) is 13.1 Å². The maximum atomic E-state index is 5.30. The largest absolute Gasteiger partial charge is 0.472 e. The minimum Gasteiger partial charge on any atom is -0.472 e. The normalized spacial score (nSPS) is 27.7. The van der Waals surface area contributed by atoms with Crippen LogP contribution in [0.25, 0.3) is 0 Å². The van der Waals surface area contributed by atoms with Crippen molar-refractivity contribution in [1.82, 2.24) is 10.6 Å². The van der Waals surface area contributed by atoms with Crippen LogP contribution in [-0.4, -0.2) is 19.1 Å². The molecule has 21 heavy (non-hydrogen) atoms. The third-order valence-electron chi connectivity index (χ3n) is 4.84. The van der Waals surface area contributed by atoms with E-state index in [2.05, 4.69) is 37.5 Å². The average Bonchev–Trinajstić information content (AvgIpc) is 3.00. The van der Waals surface area contributed by atoms with Crippen molar-refractivity contribution in [3.8, 4) is 0 Å². The summed E-state index contributed by atoms with van der Waals surface area (Å²) in [6, 6.07) is 3.23. The monoisotopic (exact) mass is 292 g/mol. The minimum absolute atomic E-state index is 0.431. The SMILES string of the molecule is CCCNC(CC1CC(C)CCC1NCC)c1ccoc1. The van der Waals surface area contributed by atoms with Gasteiger partial charge in [0, 0.05) is 17.6 Å². The minimum atomic E-state index is 0.431. The average molecular weight is 292 g/mol. The lowest BCUT2D eigenvalue weighted by Crippen LogP contribution is -2.42. The van der Waals surface area contributed by atoms with Crippen LogP contribution < -0.4 is 10.6 Å². The summed E-state index contributed by atoms with van der Waals surface area (Å²) in [7, 11) is 0. The molecule has 2 N–H and O–H groups in total. The van der Waals surface area contributed by atoms with Crippen molar-refractivity contribution in [3.05, 3.63) is 24.2 Å². The van der Waals surface area contributed by atoms with Gasteiger partial charge in [-0.2, -0.15) is 0 Å². The van der Waals surface area contributed by atoms with Gasteiger partial charge in [0.25, 0.3) is 0 Å². The summed E-state index contributed by atoms with van der Waals surface area (Å²) >= 11 is 0. The molecule has 1 aliphatic carbocycles. The van der Waals surface area contributed by atoms with Crippen LogP contribution >= 0.6 is 0 Å². The van der Waals surface area contributed by atoms with Crippen molar-refractivity contribution < 1.29 is 4.42 Å². The van der Waals surface area contributed by atoms with Crippen LogP contribution in [0, 0.1) is 11.8 Å². The van der Waals surface area contributed by atoms with Gasteiger partial charge in [0.2, 0.25) is 0 Å². The lowest BCUT2D eigenvalue weighted by atomic mass is 9.75. The van der Waals surface area contributed by atoms with E-state index >= 15 is 0 Å². The molecule has 1 aliphatic rings. The molecule has 1 saturated carbocycles. The number of rotatable bonds is 8. The predicted molar refractivity (Wildman–Crippen MR) is 88.3 cm³/mol. The molecule has 0 spiro atoms. The van der Waals surface area contributed by atoms with Gasteiger partial charge in [-0.25, -0.2) is 0 Å². The van der Waals surface area contributed by atoms with Gasteiger partial charge < -0.3 is 15.1 Å². The van der Waals surface area contributed by atoms with Gasteiger partial charge in [-0.15, -0.1) is 0 Å². The van der Waals surface area contributed by atoms with Crippen molar-refractivity contribution in [2.24, 2.45) is 11.8 Å². The van der Waals surface area contributed by atoms with Gasteiger partial charge in [-0.05, 0) is 63.1 Å². The molecule has 1 heterocycles. The summed E-state index contributed by atoms with van der Waals surface area (Å²) in [5.74, 6) is 1.62. The Morgan fingerprint density at radius 2 is 2.19 bits per heavy atom. The van der Waals surface area contributed by atoms with Crippen LogP contribution in [0.3, 0.4) is 0 Å². The summed E-state index contributed by atoms with van der Waals surface area (Å²) in [6.07, 6.45) is 10.1. The maximum Gasteiger partial charge on any atom is 0.0950 e. The molecule has 4 unspecified atom stereocenters. The molecular formula is C18H32N2O. The van der Waals surface area contributed by atoms with Crippen molar-refractivity contribution in [2.45, 2.75) is 65.0 Å². The van der Waals surface area contributed by atoms with Crippen LogP contribution in [0.5, 0.6) is 0 Å². The molecule has 120 valence electrons. The topological polar surface area (TPSA) is 37.2 Å². The Bertz CT molecular complexity index is 377. The highest BCUT2D eigenvalue weighted by Gasteiger charge is 2.30. The molecule has 1 fully saturated rings. The van der Waals surface area contributed by atoms with Gasteiger partial charge >= 0.3 is 0 Å². The maximum absolute atomic E-state index is 5.30. The molecule has 0 bridgehead atoms. The first-order chi connectivity index (χ1) is 10.2. The van der Waals surface area contributed by atoms with E-state index in [9.17, 15) is 0 Å². The molecule has 1 aromatic heterocycles. The first-order valence-electron chi connectivity index (χ1n) is 8.73. The molecule has 0 amide bonds. The number of furan rings is 1. The van der Waals surface area contributed by atoms with E-state index in [1.807, 2.05) is 6.26 Å². The van der Waals surface area contributed by atoms with Crippen molar-refractivity contribution in [3.63, 3.8) is 0 Å². The Morgan fingerprint density at radius 3 is 2.86 bits per heavy atom. The zero-order chi connectivity index (χ0) is 15.1. The molecule has 0 aromatic carbocycles. The Kier molecular flexibility index (Phi) is 6.78.